The van der Waals surface area contributed by atoms with Crippen molar-refractivity contribution in [1.29, 1.82) is 0 Å². The molecule has 1 aromatic rings. The Hall–Kier alpha value is -1.04. The van der Waals surface area contributed by atoms with Crippen molar-refractivity contribution in [3.8, 4) is 5.75 Å². The van der Waals surface area contributed by atoms with Crippen molar-refractivity contribution in [3.63, 3.8) is 0 Å². The highest BCUT2D eigenvalue weighted by atomic mass is 35.5. The predicted molar refractivity (Wildman–Crippen MR) is 60.2 cm³/mol. The lowest BCUT2D eigenvalue weighted by atomic mass is 9.99. The lowest BCUT2D eigenvalue weighted by Gasteiger charge is -2.23. The van der Waals surface area contributed by atoms with Crippen LogP contribution in [-0.4, -0.2) is 11.5 Å². The van der Waals surface area contributed by atoms with Crippen LogP contribution >= 0.6 is 23.2 Å². The minimum atomic E-state index is -0.563. The van der Waals surface area contributed by atoms with E-state index >= 15 is 0 Å². The van der Waals surface area contributed by atoms with Crippen molar-refractivity contribution in [3.05, 3.63) is 31.8 Å². The van der Waals surface area contributed by atoms with Crippen LogP contribution in [-0.2, 0) is 0 Å². The number of nitrogens with zero attached hydrogens (tertiary/aromatic N) is 1. The van der Waals surface area contributed by atoms with Crippen molar-refractivity contribution < 1.29 is 9.66 Å². The van der Waals surface area contributed by atoms with Gasteiger partial charge in [-0.15, -0.1) is 0 Å². The van der Waals surface area contributed by atoms with Gasteiger partial charge in [-0.3, -0.25) is 10.1 Å². The van der Waals surface area contributed by atoms with Crippen LogP contribution in [0.15, 0.2) is 6.07 Å². The van der Waals surface area contributed by atoms with E-state index in [0.29, 0.717) is 13.0 Å². The average molecular weight is 263 g/mol. The topological polar surface area (TPSA) is 78.4 Å². The van der Waals surface area contributed by atoms with Gasteiger partial charge in [0, 0.05) is 12.5 Å². The molecule has 0 radical (unpaired) electrons. The van der Waals surface area contributed by atoms with E-state index in [4.69, 9.17) is 33.7 Å². The number of fused-ring (bicyclic) bond motifs is 1. The summed E-state index contributed by atoms with van der Waals surface area (Å²) in [6, 6.07) is 0.832. The molecule has 86 valence electrons. The molecule has 1 aliphatic rings. The van der Waals surface area contributed by atoms with Crippen LogP contribution in [0.1, 0.15) is 18.0 Å². The molecule has 2 N–H and O–H groups in total. The molecule has 0 unspecified atom stereocenters. The van der Waals surface area contributed by atoms with Gasteiger partial charge in [0.2, 0.25) is 0 Å². The molecule has 5 nitrogen and oxygen atoms in total. The number of ether oxygens (including phenoxy) is 1. The molecule has 7 heteroatoms. The molecule has 0 spiro atoms. The van der Waals surface area contributed by atoms with E-state index < -0.39 is 11.0 Å². The second-order valence-electron chi connectivity index (χ2n) is 3.43. The fraction of sp³-hybridized carbons (Fsp3) is 0.333. The molecule has 0 saturated carbocycles. The predicted octanol–water partition coefficient (Wildman–Crippen LogP) is 2.68. The van der Waals surface area contributed by atoms with E-state index in [1.54, 1.807) is 0 Å². The Morgan fingerprint density at radius 1 is 1.50 bits per heavy atom. The number of hydrogen-bond acceptors (Lipinski definition) is 4. The van der Waals surface area contributed by atoms with Crippen LogP contribution in [0.5, 0.6) is 5.75 Å². The third-order valence-electron chi connectivity index (χ3n) is 2.42. The number of nitro benzene ring substituents is 1. The Labute approximate surface area is 101 Å². The maximum Gasteiger partial charge on any atom is 0.296 e. The highest BCUT2D eigenvalue weighted by Gasteiger charge is 2.32. The van der Waals surface area contributed by atoms with Crippen LogP contribution in [0.4, 0.5) is 5.69 Å². The van der Waals surface area contributed by atoms with E-state index in [1.165, 1.54) is 6.07 Å². The number of nitro groups is 1. The highest BCUT2D eigenvalue weighted by Crippen LogP contribution is 2.46. The summed E-state index contributed by atoms with van der Waals surface area (Å²) in [7, 11) is 0. The van der Waals surface area contributed by atoms with Crippen LogP contribution in [0.3, 0.4) is 0 Å². The largest absolute Gasteiger partial charge is 0.491 e. The highest BCUT2D eigenvalue weighted by molar-refractivity contribution is 6.37. The molecule has 1 heterocycles. The number of hydrogen-bond donors (Lipinski definition) is 1. The molecular formula is C9H8Cl2N2O3. The summed E-state index contributed by atoms with van der Waals surface area (Å²) in [6.07, 6.45) is 0.504. The zero-order chi connectivity index (χ0) is 11.9. The van der Waals surface area contributed by atoms with E-state index in [-0.39, 0.29) is 27.0 Å². The molecule has 0 aliphatic carbocycles. The van der Waals surface area contributed by atoms with E-state index in [0.717, 1.165) is 0 Å². The molecule has 1 aliphatic heterocycles. The third kappa shape index (κ3) is 1.71. The van der Waals surface area contributed by atoms with Gasteiger partial charge in [0.05, 0.1) is 22.1 Å². The van der Waals surface area contributed by atoms with Gasteiger partial charge in [-0.25, -0.2) is 0 Å². The fourth-order valence-electron chi connectivity index (χ4n) is 1.72. The summed E-state index contributed by atoms with van der Waals surface area (Å²) in [5.74, 6) is 0.275. The van der Waals surface area contributed by atoms with Gasteiger partial charge in [0.1, 0.15) is 10.8 Å². The lowest BCUT2D eigenvalue weighted by molar-refractivity contribution is -0.385. The van der Waals surface area contributed by atoms with Crippen LogP contribution in [0.2, 0.25) is 10.0 Å². The second kappa shape index (κ2) is 4.08. The Morgan fingerprint density at radius 2 is 2.19 bits per heavy atom. The molecule has 0 fully saturated rings. The number of rotatable bonds is 1. The van der Waals surface area contributed by atoms with Gasteiger partial charge >= 0.3 is 0 Å². The Kier molecular flexibility index (Phi) is 2.92. The number of nitrogens with two attached hydrogens (primary N) is 1. The molecule has 0 saturated heterocycles. The smallest absolute Gasteiger partial charge is 0.296 e. The third-order valence-corrected chi connectivity index (χ3v) is 2.99. The number of benzene rings is 1. The van der Waals surface area contributed by atoms with Gasteiger partial charge in [0.15, 0.2) is 0 Å². The molecular weight excluding hydrogens is 255 g/mol. The Morgan fingerprint density at radius 3 is 2.81 bits per heavy atom. The van der Waals surface area contributed by atoms with Gasteiger partial charge in [-0.05, 0) is 6.07 Å². The van der Waals surface area contributed by atoms with E-state index in [9.17, 15) is 10.1 Å². The first-order valence-electron chi connectivity index (χ1n) is 4.57. The summed E-state index contributed by atoms with van der Waals surface area (Å²) in [6.45, 7) is 0.396. The van der Waals surface area contributed by atoms with Crippen molar-refractivity contribution in [2.45, 2.75) is 12.5 Å². The summed E-state index contributed by atoms with van der Waals surface area (Å²) in [5, 5.41) is 11.1. The maximum absolute atomic E-state index is 10.9. The van der Waals surface area contributed by atoms with Gasteiger partial charge in [-0.1, -0.05) is 23.2 Å². The summed E-state index contributed by atoms with van der Waals surface area (Å²) >= 11 is 11.7. The quantitative estimate of drug-likeness (QED) is 0.624. The minimum absolute atomic E-state index is 0.0188. The lowest BCUT2D eigenvalue weighted by Crippen LogP contribution is -2.22. The zero-order valence-electron chi connectivity index (χ0n) is 8.07. The monoisotopic (exact) mass is 262 g/mol. The normalized spacial score (nSPS) is 18.8. The molecule has 16 heavy (non-hydrogen) atoms. The molecule has 1 atom stereocenters. The SMILES string of the molecule is N[C@@H]1CCOc2c(Cl)cc(Cl)c([N+](=O)[O-])c21. The summed E-state index contributed by atoms with van der Waals surface area (Å²) < 4.78 is 5.30. The molecule has 0 aromatic heterocycles. The summed E-state index contributed by atoms with van der Waals surface area (Å²) in [5.41, 5.74) is 5.89. The van der Waals surface area contributed by atoms with Gasteiger partial charge in [0.25, 0.3) is 5.69 Å². The van der Waals surface area contributed by atoms with Gasteiger partial charge < -0.3 is 10.5 Å². The first-order valence-corrected chi connectivity index (χ1v) is 5.32. The van der Waals surface area contributed by atoms with Crippen LogP contribution in [0, 0.1) is 10.1 Å². The summed E-state index contributed by atoms with van der Waals surface area (Å²) in [4.78, 5) is 10.4. The van der Waals surface area contributed by atoms with Crippen molar-refractivity contribution in [1.82, 2.24) is 0 Å². The van der Waals surface area contributed by atoms with Crippen molar-refractivity contribution in [2.75, 3.05) is 6.61 Å². The molecule has 0 bridgehead atoms. The first kappa shape index (κ1) is 11.4. The van der Waals surface area contributed by atoms with E-state index in [1.807, 2.05) is 0 Å². The van der Waals surface area contributed by atoms with Gasteiger partial charge in [-0.2, -0.15) is 0 Å². The molecule has 1 aromatic carbocycles. The first-order chi connectivity index (χ1) is 7.52. The fourth-order valence-corrected chi connectivity index (χ4v) is 2.32. The van der Waals surface area contributed by atoms with Crippen molar-refractivity contribution in [2.24, 2.45) is 5.73 Å². The standard InChI is InChI=1S/C9H8Cl2N2O3/c10-4-3-5(11)9-7(8(4)13(14)15)6(12)1-2-16-9/h3,6H,1-2,12H2/t6-/m1/s1. The van der Waals surface area contributed by atoms with Crippen molar-refractivity contribution >= 4 is 28.9 Å². The molecule has 2 rings (SSSR count). The Balaban J connectivity index is 2.74. The van der Waals surface area contributed by atoms with Crippen LogP contribution < -0.4 is 10.5 Å². The maximum atomic E-state index is 10.9. The minimum Gasteiger partial charge on any atom is -0.491 e. The average Bonchev–Trinajstić information content (AvgIpc) is 2.19. The number of halogens is 2. The van der Waals surface area contributed by atoms with E-state index in [2.05, 4.69) is 0 Å². The second-order valence-corrected chi connectivity index (χ2v) is 4.25. The van der Waals surface area contributed by atoms with Crippen LogP contribution in [0.25, 0.3) is 0 Å². The molecule has 0 amide bonds. The zero-order valence-corrected chi connectivity index (χ0v) is 9.59. The Bertz CT molecular complexity index is 465.